The zero-order valence-electron chi connectivity index (χ0n) is 9.70. The maximum Gasteiger partial charge on any atom is 0.232 e. The van der Waals surface area contributed by atoms with E-state index >= 15 is 0 Å². The van der Waals surface area contributed by atoms with Crippen LogP contribution >= 0.6 is 22.3 Å². The molecule has 18 heavy (non-hydrogen) atoms. The van der Waals surface area contributed by atoms with Crippen molar-refractivity contribution >= 4 is 31.3 Å². The van der Waals surface area contributed by atoms with Crippen LogP contribution in [0.2, 0.25) is 5.02 Å². The van der Waals surface area contributed by atoms with E-state index in [0.717, 1.165) is 0 Å². The van der Waals surface area contributed by atoms with E-state index in [2.05, 4.69) is 0 Å². The van der Waals surface area contributed by atoms with Crippen molar-refractivity contribution in [2.24, 2.45) is 5.92 Å². The quantitative estimate of drug-likeness (QED) is 0.755. The van der Waals surface area contributed by atoms with E-state index in [-0.39, 0.29) is 29.0 Å². The summed E-state index contributed by atoms with van der Waals surface area (Å²) in [6.45, 7) is 1.85. The zero-order valence-corrected chi connectivity index (χ0v) is 12.0. The van der Waals surface area contributed by atoms with Gasteiger partial charge in [-0.25, -0.2) is 12.8 Å². The largest absolute Gasteiger partial charge is 0.489 e. The minimum atomic E-state index is -3.59. The molecule has 0 N–H and O–H groups in total. The first kappa shape index (κ1) is 15.5. The lowest BCUT2D eigenvalue weighted by molar-refractivity contribution is 0.247. The molecule has 0 bridgehead atoms. The van der Waals surface area contributed by atoms with Crippen molar-refractivity contribution in [1.29, 1.82) is 0 Å². The van der Waals surface area contributed by atoms with Crippen LogP contribution in [0.3, 0.4) is 0 Å². The van der Waals surface area contributed by atoms with Crippen LogP contribution in [0.15, 0.2) is 18.2 Å². The third-order valence-corrected chi connectivity index (χ3v) is 3.94. The molecule has 3 nitrogen and oxygen atoms in total. The van der Waals surface area contributed by atoms with Crippen molar-refractivity contribution < 1.29 is 17.5 Å². The van der Waals surface area contributed by atoms with Gasteiger partial charge >= 0.3 is 0 Å². The Labute approximate surface area is 115 Å². The molecule has 0 saturated carbocycles. The third kappa shape index (κ3) is 5.00. The lowest BCUT2D eigenvalue weighted by Gasteiger charge is -2.15. The van der Waals surface area contributed by atoms with E-state index in [0.29, 0.717) is 6.42 Å². The summed E-state index contributed by atoms with van der Waals surface area (Å²) in [5.41, 5.74) is 0. The maximum absolute atomic E-state index is 13.4. The number of hydrogen-bond acceptors (Lipinski definition) is 3. The van der Waals surface area contributed by atoms with Crippen LogP contribution in [0.5, 0.6) is 5.75 Å². The highest BCUT2D eigenvalue weighted by atomic mass is 35.7. The predicted octanol–water partition coefficient (Wildman–Crippen LogP) is 3.45. The van der Waals surface area contributed by atoms with E-state index < -0.39 is 14.9 Å². The first-order valence-corrected chi connectivity index (χ1v) is 8.18. The van der Waals surface area contributed by atoms with Gasteiger partial charge in [-0.2, -0.15) is 0 Å². The third-order valence-electron chi connectivity index (χ3n) is 2.39. The zero-order chi connectivity index (χ0) is 13.8. The molecule has 0 saturated heterocycles. The second-order valence-corrected chi connectivity index (χ2v) is 7.07. The van der Waals surface area contributed by atoms with Crippen molar-refractivity contribution in [2.45, 2.75) is 13.3 Å². The fourth-order valence-electron chi connectivity index (χ4n) is 1.39. The van der Waals surface area contributed by atoms with Gasteiger partial charge < -0.3 is 4.74 Å². The van der Waals surface area contributed by atoms with Gasteiger partial charge in [0.2, 0.25) is 9.05 Å². The average molecular weight is 315 g/mol. The lowest BCUT2D eigenvalue weighted by atomic mass is 10.1. The maximum atomic E-state index is 13.4. The number of rotatable bonds is 6. The van der Waals surface area contributed by atoms with Crippen LogP contribution in [-0.2, 0) is 9.05 Å². The fraction of sp³-hybridized carbons (Fsp3) is 0.455. The van der Waals surface area contributed by atoms with Crippen molar-refractivity contribution in [3.05, 3.63) is 29.0 Å². The SMILES string of the molecule is CCC(COc1c(F)cccc1Cl)CS(=O)(=O)Cl. The molecule has 0 spiro atoms. The van der Waals surface area contributed by atoms with Crippen LogP contribution in [0.25, 0.3) is 0 Å². The van der Waals surface area contributed by atoms with E-state index in [1.165, 1.54) is 18.2 Å². The van der Waals surface area contributed by atoms with E-state index in [1.807, 2.05) is 0 Å². The summed E-state index contributed by atoms with van der Waals surface area (Å²) in [4.78, 5) is 0. The van der Waals surface area contributed by atoms with Gasteiger partial charge in [-0.05, 0) is 18.6 Å². The van der Waals surface area contributed by atoms with Crippen LogP contribution in [0.4, 0.5) is 4.39 Å². The Morgan fingerprint density at radius 2 is 2.11 bits per heavy atom. The molecule has 1 atom stereocenters. The summed E-state index contributed by atoms with van der Waals surface area (Å²) in [5.74, 6) is -1.16. The number of ether oxygens (including phenoxy) is 1. The molecule has 1 aromatic rings. The molecule has 0 fully saturated rings. The minimum absolute atomic E-state index is 0.0447. The van der Waals surface area contributed by atoms with Gasteiger partial charge in [-0.3, -0.25) is 0 Å². The highest BCUT2D eigenvalue weighted by molar-refractivity contribution is 8.13. The summed E-state index contributed by atoms with van der Waals surface area (Å²) in [7, 11) is 1.57. The van der Waals surface area contributed by atoms with E-state index in [9.17, 15) is 12.8 Å². The monoisotopic (exact) mass is 314 g/mol. The van der Waals surface area contributed by atoms with Gasteiger partial charge in [0, 0.05) is 16.6 Å². The predicted molar refractivity (Wildman–Crippen MR) is 70.3 cm³/mol. The van der Waals surface area contributed by atoms with Crippen LogP contribution < -0.4 is 4.74 Å². The molecular weight excluding hydrogens is 302 g/mol. The Hall–Kier alpha value is -0.520. The van der Waals surface area contributed by atoms with Crippen LogP contribution in [0, 0.1) is 11.7 Å². The second kappa shape index (κ2) is 6.59. The van der Waals surface area contributed by atoms with Gasteiger partial charge in [0.05, 0.1) is 17.4 Å². The molecule has 1 unspecified atom stereocenters. The summed E-state index contributed by atoms with van der Waals surface area (Å²) in [6, 6.07) is 4.19. The molecule has 1 rings (SSSR count). The smallest absolute Gasteiger partial charge is 0.232 e. The van der Waals surface area contributed by atoms with Crippen LogP contribution in [-0.4, -0.2) is 20.8 Å². The van der Waals surface area contributed by atoms with Crippen LogP contribution in [0.1, 0.15) is 13.3 Å². The summed E-state index contributed by atoms with van der Waals surface area (Å²) >= 11 is 5.78. The van der Waals surface area contributed by atoms with Crippen molar-refractivity contribution in [3.8, 4) is 5.75 Å². The second-order valence-electron chi connectivity index (χ2n) is 3.84. The highest BCUT2D eigenvalue weighted by Crippen LogP contribution is 2.28. The molecule has 0 heterocycles. The van der Waals surface area contributed by atoms with Crippen molar-refractivity contribution in [3.63, 3.8) is 0 Å². The Morgan fingerprint density at radius 1 is 1.44 bits per heavy atom. The molecule has 0 aromatic heterocycles. The summed E-state index contributed by atoms with van der Waals surface area (Å²) < 4.78 is 40.5. The Morgan fingerprint density at radius 3 is 2.61 bits per heavy atom. The Bertz CT molecular complexity index is 485. The molecule has 0 aliphatic heterocycles. The van der Waals surface area contributed by atoms with Crippen molar-refractivity contribution in [2.75, 3.05) is 12.4 Å². The van der Waals surface area contributed by atoms with Gasteiger partial charge in [0.15, 0.2) is 11.6 Å². The molecule has 0 amide bonds. The molecular formula is C11H13Cl2FO3S. The van der Waals surface area contributed by atoms with Crippen molar-refractivity contribution in [1.82, 2.24) is 0 Å². The first-order valence-electron chi connectivity index (χ1n) is 5.32. The van der Waals surface area contributed by atoms with Gasteiger partial charge in [0.25, 0.3) is 0 Å². The number of benzene rings is 1. The molecule has 1 aromatic carbocycles. The summed E-state index contributed by atoms with van der Waals surface area (Å²) in [5, 5.41) is 0.151. The van der Waals surface area contributed by atoms with Gasteiger partial charge in [0.1, 0.15) is 0 Å². The average Bonchev–Trinajstić information content (AvgIpc) is 2.25. The topological polar surface area (TPSA) is 43.4 Å². The molecule has 102 valence electrons. The number of hydrogen-bond donors (Lipinski definition) is 0. The summed E-state index contributed by atoms with van der Waals surface area (Å²) in [6.07, 6.45) is 0.554. The Balaban J connectivity index is 2.69. The van der Waals surface area contributed by atoms with E-state index in [1.54, 1.807) is 6.92 Å². The highest BCUT2D eigenvalue weighted by Gasteiger charge is 2.17. The molecule has 0 aliphatic carbocycles. The molecule has 7 heteroatoms. The minimum Gasteiger partial charge on any atom is -0.489 e. The number of para-hydroxylation sites is 1. The Kier molecular flexibility index (Phi) is 5.69. The lowest BCUT2D eigenvalue weighted by Crippen LogP contribution is -2.19. The standard InChI is InChI=1S/C11H13Cl2FO3S/c1-2-8(7-18(13,15)16)6-17-11-9(12)4-3-5-10(11)14/h3-5,8H,2,6-7H2,1H3. The fourth-order valence-corrected chi connectivity index (χ4v) is 3.03. The first-order chi connectivity index (χ1) is 8.33. The number of halogens is 3. The molecule has 0 radical (unpaired) electrons. The van der Waals surface area contributed by atoms with Gasteiger partial charge in [-0.15, -0.1) is 0 Å². The normalized spacial score (nSPS) is 13.3. The van der Waals surface area contributed by atoms with E-state index in [4.69, 9.17) is 27.0 Å². The molecule has 0 aliphatic rings. The van der Waals surface area contributed by atoms with Gasteiger partial charge in [-0.1, -0.05) is 24.6 Å².